The summed E-state index contributed by atoms with van der Waals surface area (Å²) in [7, 11) is 0. The summed E-state index contributed by atoms with van der Waals surface area (Å²) in [5, 5.41) is 3.70. The number of carbonyl (C=O) groups excluding carboxylic acids is 1. The minimum atomic E-state index is 0. The van der Waals surface area contributed by atoms with Crippen LogP contribution in [0, 0.1) is 0 Å². The molecule has 1 rings (SSSR count). The SMILES string of the molecule is CC(=O)CC1=NNNN1.[HH]. The Morgan fingerprint density at radius 3 is 3.11 bits per heavy atom. The molecule has 0 saturated heterocycles. The molecule has 1 aliphatic heterocycles. The van der Waals surface area contributed by atoms with Gasteiger partial charge in [0.2, 0.25) is 0 Å². The summed E-state index contributed by atoms with van der Waals surface area (Å²) in [5.74, 6) is 0.717. The fourth-order valence-electron chi connectivity index (χ4n) is 0.543. The van der Waals surface area contributed by atoms with Gasteiger partial charge in [-0.2, -0.15) is 0 Å². The molecule has 5 nitrogen and oxygen atoms in total. The van der Waals surface area contributed by atoms with Crippen molar-refractivity contribution in [2.24, 2.45) is 5.10 Å². The van der Waals surface area contributed by atoms with Gasteiger partial charge in [0.15, 0.2) is 0 Å². The summed E-state index contributed by atoms with van der Waals surface area (Å²) in [5.41, 5.74) is 7.63. The highest BCUT2D eigenvalue weighted by molar-refractivity contribution is 5.99. The first-order valence-corrected chi connectivity index (χ1v) is 2.61. The molecule has 0 aromatic rings. The summed E-state index contributed by atoms with van der Waals surface area (Å²) in [6, 6.07) is 0. The molecule has 5 heteroatoms. The monoisotopic (exact) mass is 130 g/mol. The normalized spacial score (nSPS) is 15.9. The van der Waals surface area contributed by atoms with Crippen molar-refractivity contribution in [2.75, 3.05) is 0 Å². The van der Waals surface area contributed by atoms with Crippen LogP contribution in [-0.4, -0.2) is 11.6 Å². The lowest BCUT2D eigenvalue weighted by atomic mass is 10.3. The number of ketones is 1. The van der Waals surface area contributed by atoms with Crippen LogP contribution in [0.5, 0.6) is 0 Å². The van der Waals surface area contributed by atoms with Crippen molar-refractivity contribution >= 4 is 11.6 Å². The number of nitrogens with zero attached hydrogens (tertiary/aromatic N) is 1. The molecule has 0 aliphatic carbocycles. The first kappa shape index (κ1) is 6.03. The number of nitrogens with one attached hydrogen (secondary N) is 3. The number of rotatable bonds is 2. The molecule has 0 aromatic heterocycles. The van der Waals surface area contributed by atoms with Crippen LogP contribution in [0.25, 0.3) is 0 Å². The van der Waals surface area contributed by atoms with E-state index >= 15 is 0 Å². The van der Waals surface area contributed by atoms with Crippen molar-refractivity contribution in [2.45, 2.75) is 13.3 Å². The Hall–Kier alpha value is -1.10. The molecule has 0 amide bonds. The van der Waals surface area contributed by atoms with Crippen molar-refractivity contribution in [1.82, 2.24) is 16.5 Å². The van der Waals surface area contributed by atoms with Gasteiger partial charge in [-0.15, -0.1) is 10.6 Å². The quantitative estimate of drug-likeness (QED) is 0.455. The van der Waals surface area contributed by atoms with E-state index in [0.29, 0.717) is 12.3 Å². The molecule has 0 unspecified atom stereocenters. The lowest BCUT2D eigenvalue weighted by Gasteiger charge is -1.93. The molecule has 52 valence electrons. The Labute approximate surface area is 53.9 Å². The Morgan fingerprint density at radius 2 is 2.67 bits per heavy atom. The molecule has 0 atom stereocenters. The summed E-state index contributed by atoms with van der Waals surface area (Å²) in [6.45, 7) is 1.52. The highest BCUT2D eigenvalue weighted by Crippen LogP contribution is 1.84. The second-order valence-electron chi connectivity index (χ2n) is 1.80. The topological polar surface area (TPSA) is 65.5 Å². The van der Waals surface area contributed by atoms with E-state index in [-0.39, 0.29) is 7.21 Å². The molecule has 0 saturated carbocycles. The van der Waals surface area contributed by atoms with Gasteiger partial charge in [-0.1, -0.05) is 0 Å². The van der Waals surface area contributed by atoms with Gasteiger partial charge >= 0.3 is 0 Å². The van der Waals surface area contributed by atoms with E-state index in [9.17, 15) is 4.79 Å². The summed E-state index contributed by atoms with van der Waals surface area (Å²) < 4.78 is 0. The summed E-state index contributed by atoms with van der Waals surface area (Å²) in [4.78, 5) is 10.4. The smallest absolute Gasteiger partial charge is 0.146 e. The van der Waals surface area contributed by atoms with Crippen LogP contribution in [0.1, 0.15) is 14.8 Å². The fourth-order valence-corrected chi connectivity index (χ4v) is 0.543. The maximum Gasteiger partial charge on any atom is 0.146 e. The molecule has 1 aliphatic rings. The average Bonchev–Trinajstić information content (AvgIpc) is 2.15. The molecule has 9 heavy (non-hydrogen) atoms. The van der Waals surface area contributed by atoms with Crippen LogP contribution < -0.4 is 16.5 Å². The molecule has 0 radical (unpaired) electrons. The van der Waals surface area contributed by atoms with Crippen LogP contribution in [0.4, 0.5) is 0 Å². The molecular formula is C4H10N4O. The van der Waals surface area contributed by atoms with Gasteiger partial charge in [-0.25, -0.2) is 5.53 Å². The van der Waals surface area contributed by atoms with E-state index < -0.39 is 0 Å². The maximum atomic E-state index is 10.4. The second kappa shape index (κ2) is 2.45. The van der Waals surface area contributed by atoms with Crippen LogP contribution in [0.15, 0.2) is 5.10 Å². The zero-order chi connectivity index (χ0) is 6.69. The van der Waals surface area contributed by atoms with Gasteiger partial charge in [-0.3, -0.25) is 10.2 Å². The maximum absolute atomic E-state index is 10.4. The number of carbonyl (C=O) groups is 1. The minimum Gasteiger partial charge on any atom is -0.300 e. The number of hydrazone groups is 1. The Bertz CT molecular complexity index is 157. The molecule has 1 heterocycles. The van der Waals surface area contributed by atoms with Crippen molar-refractivity contribution < 1.29 is 6.22 Å². The van der Waals surface area contributed by atoms with Crippen molar-refractivity contribution in [3.8, 4) is 0 Å². The number of Topliss-reactive ketones (excluding diaryl/α,β-unsaturated/α-hetero) is 1. The summed E-state index contributed by atoms with van der Waals surface area (Å²) >= 11 is 0. The second-order valence-corrected chi connectivity index (χ2v) is 1.80. The van der Waals surface area contributed by atoms with Crippen molar-refractivity contribution in [3.05, 3.63) is 0 Å². The highest BCUT2D eigenvalue weighted by atomic mass is 16.1. The van der Waals surface area contributed by atoms with Gasteiger partial charge in [0, 0.05) is 1.43 Å². The lowest BCUT2D eigenvalue weighted by Crippen LogP contribution is -2.35. The van der Waals surface area contributed by atoms with Gasteiger partial charge < -0.3 is 0 Å². The van der Waals surface area contributed by atoms with Crippen molar-refractivity contribution in [3.63, 3.8) is 0 Å². The van der Waals surface area contributed by atoms with Crippen molar-refractivity contribution in [1.29, 1.82) is 0 Å². The Balaban J connectivity index is 0.000000810. The van der Waals surface area contributed by atoms with E-state index in [4.69, 9.17) is 0 Å². The highest BCUT2D eigenvalue weighted by Gasteiger charge is 2.05. The molecule has 3 N–H and O–H groups in total. The first-order chi connectivity index (χ1) is 4.29. The average molecular weight is 130 g/mol. The predicted octanol–water partition coefficient (Wildman–Crippen LogP) is -0.863. The number of hydrogen-bond acceptors (Lipinski definition) is 5. The fraction of sp³-hybridized carbons (Fsp3) is 0.500. The van der Waals surface area contributed by atoms with Gasteiger partial charge in [0.1, 0.15) is 11.6 Å². The van der Waals surface area contributed by atoms with Gasteiger partial charge in [0.25, 0.3) is 0 Å². The van der Waals surface area contributed by atoms with Crippen LogP contribution in [-0.2, 0) is 4.79 Å². The van der Waals surface area contributed by atoms with Gasteiger partial charge in [0.05, 0.1) is 6.42 Å². The Kier molecular flexibility index (Phi) is 1.64. The van der Waals surface area contributed by atoms with E-state index in [1.54, 1.807) is 0 Å². The first-order valence-electron chi connectivity index (χ1n) is 2.61. The lowest BCUT2D eigenvalue weighted by molar-refractivity contribution is -0.115. The largest absolute Gasteiger partial charge is 0.300 e. The molecular weight excluding hydrogens is 120 g/mol. The molecule has 0 spiro atoms. The third-order valence-electron chi connectivity index (χ3n) is 0.870. The number of hydrazine groups is 2. The molecule has 0 fully saturated rings. The van der Waals surface area contributed by atoms with E-state index in [2.05, 4.69) is 21.6 Å². The van der Waals surface area contributed by atoms with Crippen LogP contribution >= 0.6 is 0 Å². The van der Waals surface area contributed by atoms with Crippen LogP contribution in [0.3, 0.4) is 0 Å². The number of amidine groups is 1. The van der Waals surface area contributed by atoms with E-state index in [1.807, 2.05) is 0 Å². The predicted molar refractivity (Wildman–Crippen MR) is 34.3 cm³/mol. The standard InChI is InChI=1S/C4H8N4O.H2/c1-3(9)2-4-5-7-8-6-4;/h7-8H,2H2,1H3,(H,5,6);1H. The minimum absolute atomic E-state index is 0. The third-order valence-corrected chi connectivity index (χ3v) is 0.870. The number of hydrogen-bond donors (Lipinski definition) is 3. The van der Waals surface area contributed by atoms with Gasteiger partial charge in [-0.05, 0) is 6.92 Å². The van der Waals surface area contributed by atoms with E-state index in [1.165, 1.54) is 6.92 Å². The van der Waals surface area contributed by atoms with E-state index in [0.717, 1.165) is 0 Å². The zero-order valence-corrected chi connectivity index (χ0v) is 5.06. The zero-order valence-electron chi connectivity index (χ0n) is 5.06. The molecule has 0 aromatic carbocycles. The third kappa shape index (κ3) is 1.69. The Morgan fingerprint density at radius 1 is 1.89 bits per heavy atom. The van der Waals surface area contributed by atoms with Crippen LogP contribution in [0.2, 0.25) is 0 Å². The summed E-state index contributed by atoms with van der Waals surface area (Å²) in [6.07, 6.45) is 0.347. The molecule has 0 bridgehead atoms.